The molecule has 116 valence electrons. The summed E-state index contributed by atoms with van der Waals surface area (Å²) in [5, 5.41) is 3.08. The van der Waals surface area contributed by atoms with Crippen molar-refractivity contribution in [2.75, 3.05) is 6.54 Å². The van der Waals surface area contributed by atoms with E-state index >= 15 is 0 Å². The van der Waals surface area contributed by atoms with E-state index in [0.29, 0.717) is 24.9 Å². The molecule has 3 nitrogen and oxygen atoms in total. The smallest absolute Gasteiger partial charge is 0.419 e. The average Bonchev–Trinajstić information content (AvgIpc) is 2.36. The van der Waals surface area contributed by atoms with Crippen molar-refractivity contribution in [1.82, 2.24) is 5.32 Å². The highest BCUT2D eigenvalue weighted by Crippen LogP contribution is 2.33. The number of alkyl halides is 3. The van der Waals surface area contributed by atoms with E-state index < -0.39 is 23.5 Å². The third-order valence-corrected chi connectivity index (χ3v) is 3.39. The predicted octanol–water partition coefficient (Wildman–Crippen LogP) is 3.20. The fourth-order valence-electron chi connectivity index (χ4n) is 2.46. The van der Waals surface area contributed by atoms with Crippen LogP contribution in [-0.2, 0) is 15.7 Å². The van der Waals surface area contributed by atoms with Gasteiger partial charge in [0.15, 0.2) is 0 Å². The molecule has 1 N–H and O–H groups in total. The van der Waals surface area contributed by atoms with Gasteiger partial charge in [0.25, 0.3) is 0 Å². The molecule has 0 aromatic heterocycles. The summed E-state index contributed by atoms with van der Waals surface area (Å²) in [6, 6.07) is 2.54. The van der Waals surface area contributed by atoms with Crippen molar-refractivity contribution in [3.8, 4) is 0 Å². The lowest BCUT2D eigenvalue weighted by Crippen LogP contribution is -2.36. The summed E-state index contributed by atoms with van der Waals surface area (Å²) in [5.41, 5.74) is -0.865. The summed E-state index contributed by atoms with van der Waals surface area (Å²) >= 11 is 0. The van der Waals surface area contributed by atoms with Crippen molar-refractivity contribution in [2.24, 2.45) is 0 Å². The summed E-state index contributed by atoms with van der Waals surface area (Å²) in [6.07, 6.45) is -3.98. The van der Waals surface area contributed by atoms with Gasteiger partial charge in [0.2, 0.25) is 0 Å². The topological polar surface area (TPSA) is 38.3 Å². The van der Waals surface area contributed by atoms with Crippen molar-refractivity contribution in [2.45, 2.75) is 38.1 Å². The van der Waals surface area contributed by atoms with Gasteiger partial charge < -0.3 is 10.1 Å². The highest BCUT2D eigenvalue weighted by Gasteiger charge is 2.34. The lowest BCUT2D eigenvalue weighted by Gasteiger charge is -2.30. The van der Waals surface area contributed by atoms with E-state index in [1.54, 1.807) is 0 Å². The molecule has 7 heteroatoms. The molecule has 0 radical (unpaired) electrons. The summed E-state index contributed by atoms with van der Waals surface area (Å²) in [5.74, 6) is -1.70. The van der Waals surface area contributed by atoms with Gasteiger partial charge >= 0.3 is 12.1 Å². The third kappa shape index (κ3) is 3.93. The molecule has 2 atom stereocenters. The van der Waals surface area contributed by atoms with Gasteiger partial charge in [-0.15, -0.1) is 0 Å². The Kier molecular flexibility index (Phi) is 4.51. The van der Waals surface area contributed by atoms with Crippen LogP contribution in [0.25, 0.3) is 0 Å². The summed E-state index contributed by atoms with van der Waals surface area (Å²) in [7, 11) is 0. The first-order chi connectivity index (χ1) is 9.77. The Morgan fingerprint density at radius 2 is 2.10 bits per heavy atom. The van der Waals surface area contributed by atoms with Gasteiger partial charge in [-0.1, -0.05) is 6.07 Å². The highest BCUT2D eigenvalue weighted by molar-refractivity contribution is 5.66. The Bertz CT molecular complexity index is 530. The van der Waals surface area contributed by atoms with Crippen LogP contribution >= 0.6 is 0 Å². The van der Waals surface area contributed by atoms with Crippen LogP contribution in [0, 0.1) is 5.82 Å². The summed E-state index contributed by atoms with van der Waals surface area (Å²) in [4.78, 5) is 10.9. The first-order valence-corrected chi connectivity index (χ1v) is 6.54. The summed E-state index contributed by atoms with van der Waals surface area (Å²) in [6.45, 7) is 1.85. The Balaban J connectivity index is 2.15. The standard InChI is InChI=1S/C14H15F4NO2/c1-8(20)21-10-4-5-19-13(7-10)9-2-3-11(12(15)6-9)14(16,17)18/h2-3,6,10,13,19H,4-5,7H2,1H3. The molecule has 1 aliphatic rings. The highest BCUT2D eigenvalue weighted by atomic mass is 19.4. The number of benzene rings is 1. The molecule has 1 aliphatic heterocycles. The van der Waals surface area contributed by atoms with Crippen molar-refractivity contribution < 1.29 is 27.1 Å². The Labute approximate surface area is 119 Å². The molecular weight excluding hydrogens is 290 g/mol. The van der Waals surface area contributed by atoms with E-state index in [4.69, 9.17) is 4.74 Å². The molecule has 0 aliphatic carbocycles. The van der Waals surface area contributed by atoms with Crippen LogP contribution < -0.4 is 5.32 Å². The maximum atomic E-state index is 13.6. The lowest BCUT2D eigenvalue weighted by molar-refractivity contribution is -0.148. The predicted molar refractivity (Wildman–Crippen MR) is 66.9 cm³/mol. The number of nitrogens with one attached hydrogen (secondary N) is 1. The molecule has 2 unspecified atom stereocenters. The largest absolute Gasteiger partial charge is 0.462 e. The first-order valence-electron chi connectivity index (χ1n) is 6.54. The monoisotopic (exact) mass is 305 g/mol. The quantitative estimate of drug-likeness (QED) is 0.673. The average molecular weight is 305 g/mol. The second kappa shape index (κ2) is 6.01. The van der Waals surface area contributed by atoms with Crippen LogP contribution in [0.1, 0.15) is 36.9 Å². The zero-order valence-corrected chi connectivity index (χ0v) is 11.3. The zero-order chi connectivity index (χ0) is 15.6. The summed E-state index contributed by atoms with van der Waals surface area (Å²) < 4.78 is 56.2. The fourth-order valence-corrected chi connectivity index (χ4v) is 2.46. The van der Waals surface area contributed by atoms with Gasteiger partial charge in [-0.25, -0.2) is 4.39 Å². The van der Waals surface area contributed by atoms with Gasteiger partial charge in [-0.3, -0.25) is 4.79 Å². The molecule has 1 fully saturated rings. The van der Waals surface area contributed by atoms with Crippen LogP contribution in [0.5, 0.6) is 0 Å². The van der Waals surface area contributed by atoms with E-state index in [1.807, 2.05) is 0 Å². The van der Waals surface area contributed by atoms with Crippen LogP contribution in [0.15, 0.2) is 18.2 Å². The number of rotatable bonds is 2. The van der Waals surface area contributed by atoms with Crippen molar-refractivity contribution >= 4 is 5.97 Å². The van der Waals surface area contributed by atoms with Gasteiger partial charge in [0.05, 0.1) is 5.56 Å². The molecule has 2 rings (SSSR count). The molecule has 0 bridgehead atoms. The fraction of sp³-hybridized carbons (Fsp3) is 0.500. The minimum Gasteiger partial charge on any atom is -0.462 e. The van der Waals surface area contributed by atoms with Gasteiger partial charge in [0, 0.05) is 19.4 Å². The molecular formula is C14H15F4NO2. The van der Waals surface area contributed by atoms with E-state index in [2.05, 4.69) is 5.32 Å². The normalized spacial score (nSPS) is 22.9. The Hall–Kier alpha value is -1.63. The number of hydrogen-bond donors (Lipinski definition) is 1. The minimum atomic E-state index is -4.71. The third-order valence-electron chi connectivity index (χ3n) is 3.39. The lowest BCUT2D eigenvalue weighted by atomic mass is 9.94. The molecule has 1 aromatic rings. The number of piperidine rings is 1. The second-order valence-corrected chi connectivity index (χ2v) is 5.00. The molecule has 0 amide bonds. The number of carbonyl (C=O) groups is 1. The van der Waals surface area contributed by atoms with E-state index in [9.17, 15) is 22.4 Å². The van der Waals surface area contributed by atoms with Crippen LogP contribution in [0.3, 0.4) is 0 Å². The number of ether oxygens (including phenoxy) is 1. The number of carbonyl (C=O) groups excluding carboxylic acids is 1. The van der Waals surface area contributed by atoms with Crippen LogP contribution in [-0.4, -0.2) is 18.6 Å². The SMILES string of the molecule is CC(=O)OC1CCNC(c2ccc(C(F)(F)F)c(F)c2)C1. The maximum absolute atomic E-state index is 13.6. The van der Waals surface area contributed by atoms with E-state index in [1.165, 1.54) is 13.0 Å². The van der Waals surface area contributed by atoms with E-state index in [0.717, 1.165) is 12.1 Å². The van der Waals surface area contributed by atoms with Gasteiger partial charge in [-0.2, -0.15) is 13.2 Å². The zero-order valence-electron chi connectivity index (χ0n) is 11.3. The van der Waals surface area contributed by atoms with Gasteiger partial charge in [0.1, 0.15) is 11.9 Å². The first kappa shape index (κ1) is 15.8. The van der Waals surface area contributed by atoms with E-state index in [-0.39, 0.29) is 12.1 Å². The van der Waals surface area contributed by atoms with Crippen molar-refractivity contribution in [3.05, 3.63) is 35.1 Å². The maximum Gasteiger partial charge on any atom is 0.419 e. The van der Waals surface area contributed by atoms with Gasteiger partial charge in [-0.05, 0) is 30.7 Å². The van der Waals surface area contributed by atoms with Crippen LogP contribution in [0.2, 0.25) is 0 Å². The Morgan fingerprint density at radius 1 is 1.38 bits per heavy atom. The molecule has 1 saturated heterocycles. The number of esters is 1. The molecule has 1 heterocycles. The Morgan fingerprint density at radius 3 is 2.67 bits per heavy atom. The molecule has 21 heavy (non-hydrogen) atoms. The number of hydrogen-bond acceptors (Lipinski definition) is 3. The number of halogens is 4. The second-order valence-electron chi connectivity index (χ2n) is 5.00. The minimum absolute atomic E-state index is 0.306. The van der Waals surface area contributed by atoms with Crippen LogP contribution in [0.4, 0.5) is 17.6 Å². The van der Waals surface area contributed by atoms with Crippen molar-refractivity contribution in [3.63, 3.8) is 0 Å². The molecule has 0 spiro atoms. The molecule has 1 aromatic carbocycles. The molecule has 0 saturated carbocycles. The van der Waals surface area contributed by atoms with Crippen molar-refractivity contribution in [1.29, 1.82) is 0 Å².